The van der Waals surface area contributed by atoms with Gasteiger partial charge >= 0.3 is 5.97 Å². The van der Waals surface area contributed by atoms with Gasteiger partial charge in [-0.2, -0.15) is 12.6 Å². The zero-order valence-corrected chi connectivity index (χ0v) is 9.72. The van der Waals surface area contributed by atoms with Crippen molar-refractivity contribution in [3.8, 4) is 5.75 Å². The number of carboxylic acid groups (broad SMARTS) is 1. The van der Waals surface area contributed by atoms with Crippen LogP contribution in [0.1, 0.15) is 5.56 Å². The third kappa shape index (κ3) is 2.94. The molecule has 15 heavy (non-hydrogen) atoms. The molecular weight excluding hydrogens is 232 g/mol. The first kappa shape index (κ1) is 12.0. The van der Waals surface area contributed by atoms with E-state index in [1.807, 2.05) is 0 Å². The lowest BCUT2D eigenvalue weighted by molar-refractivity contribution is -0.135. The van der Waals surface area contributed by atoms with Crippen LogP contribution in [0.5, 0.6) is 5.75 Å². The van der Waals surface area contributed by atoms with Gasteiger partial charge < -0.3 is 9.84 Å². The number of thiol groups is 1. The van der Waals surface area contributed by atoms with Gasteiger partial charge in [-0.05, 0) is 17.7 Å². The maximum absolute atomic E-state index is 10.6. The molecule has 0 fully saturated rings. The zero-order chi connectivity index (χ0) is 11.4. The van der Waals surface area contributed by atoms with E-state index < -0.39 is 11.2 Å². The standard InChI is InChI=1S/C10H10O3S2/c1-13-7-4-2-6(3-5-7)8(14)9(15)10(11)12/h2-5,9,15H,1H3,(H,11,12). The summed E-state index contributed by atoms with van der Waals surface area (Å²) >= 11 is 8.91. The maximum atomic E-state index is 10.6. The molecule has 0 aliphatic heterocycles. The molecule has 0 spiro atoms. The highest BCUT2D eigenvalue weighted by atomic mass is 32.1. The maximum Gasteiger partial charge on any atom is 0.321 e. The van der Waals surface area contributed by atoms with Gasteiger partial charge in [0.15, 0.2) is 0 Å². The summed E-state index contributed by atoms with van der Waals surface area (Å²) in [6.07, 6.45) is 0. The van der Waals surface area contributed by atoms with Crippen molar-refractivity contribution >= 4 is 35.7 Å². The van der Waals surface area contributed by atoms with Gasteiger partial charge in [-0.3, -0.25) is 4.79 Å². The van der Waals surface area contributed by atoms with Crippen LogP contribution in [0.2, 0.25) is 0 Å². The molecule has 0 aliphatic rings. The van der Waals surface area contributed by atoms with Crippen molar-refractivity contribution in [2.24, 2.45) is 0 Å². The van der Waals surface area contributed by atoms with Crippen molar-refractivity contribution < 1.29 is 14.6 Å². The van der Waals surface area contributed by atoms with Gasteiger partial charge in [-0.15, -0.1) is 0 Å². The van der Waals surface area contributed by atoms with Crippen molar-refractivity contribution in [3.63, 3.8) is 0 Å². The Balaban J connectivity index is 2.87. The molecule has 0 bridgehead atoms. The predicted octanol–water partition coefficient (Wildman–Crippen LogP) is 1.80. The van der Waals surface area contributed by atoms with Crippen molar-refractivity contribution in [1.82, 2.24) is 0 Å². The summed E-state index contributed by atoms with van der Waals surface area (Å²) < 4.78 is 4.98. The zero-order valence-electron chi connectivity index (χ0n) is 8.01. The molecular formula is C10H10O3S2. The molecule has 80 valence electrons. The second kappa shape index (κ2) is 5.14. The van der Waals surface area contributed by atoms with Crippen LogP contribution < -0.4 is 4.74 Å². The van der Waals surface area contributed by atoms with E-state index in [0.717, 1.165) is 0 Å². The second-order valence-corrected chi connectivity index (χ2v) is 3.79. The van der Waals surface area contributed by atoms with E-state index in [1.54, 1.807) is 31.4 Å². The third-order valence-electron chi connectivity index (χ3n) is 1.86. The molecule has 1 unspecified atom stereocenters. The molecule has 0 heterocycles. The van der Waals surface area contributed by atoms with Gasteiger partial charge in [0.05, 0.1) is 7.11 Å². The average Bonchev–Trinajstić information content (AvgIpc) is 2.27. The number of methoxy groups -OCH3 is 1. The Labute approximate surface area is 98.5 Å². The van der Waals surface area contributed by atoms with Crippen LogP contribution in [-0.4, -0.2) is 28.3 Å². The van der Waals surface area contributed by atoms with Crippen LogP contribution in [0.15, 0.2) is 24.3 Å². The Morgan fingerprint density at radius 2 is 2.00 bits per heavy atom. The van der Waals surface area contributed by atoms with E-state index in [2.05, 4.69) is 12.6 Å². The highest BCUT2D eigenvalue weighted by Crippen LogP contribution is 2.15. The summed E-state index contributed by atoms with van der Waals surface area (Å²) in [6, 6.07) is 6.88. The predicted molar refractivity (Wildman–Crippen MR) is 65.1 cm³/mol. The first-order valence-corrected chi connectivity index (χ1v) is 5.08. The molecule has 1 aromatic rings. The minimum Gasteiger partial charge on any atom is -0.497 e. The van der Waals surface area contributed by atoms with Gasteiger partial charge in [0.1, 0.15) is 11.0 Å². The Kier molecular flexibility index (Phi) is 4.11. The molecule has 0 aliphatic carbocycles. The molecule has 0 amide bonds. The van der Waals surface area contributed by atoms with Gasteiger partial charge in [0.2, 0.25) is 0 Å². The van der Waals surface area contributed by atoms with Gasteiger partial charge in [0.25, 0.3) is 0 Å². The van der Waals surface area contributed by atoms with Crippen LogP contribution in [0, 0.1) is 0 Å². The van der Waals surface area contributed by atoms with Crippen molar-refractivity contribution in [3.05, 3.63) is 29.8 Å². The average molecular weight is 242 g/mol. The molecule has 1 N–H and O–H groups in total. The molecule has 5 heteroatoms. The van der Waals surface area contributed by atoms with Crippen LogP contribution in [0.25, 0.3) is 0 Å². The van der Waals surface area contributed by atoms with E-state index in [4.69, 9.17) is 22.1 Å². The monoisotopic (exact) mass is 242 g/mol. The molecule has 0 saturated heterocycles. The molecule has 1 atom stereocenters. The number of benzene rings is 1. The van der Waals surface area contributed by atoms with Crippen molar-refractivity contribution in [1.29, 1.82) is 0 Å². The lowest BCUT2D eigenvalue weighted by Crippen LogP contribution is -2.23. The summed E-state index contributed by atoms with van der Waals surface area (Å²) in [5, 5.41) is 7.78. The van der Waals surface area contributed by atoms with E-state index >= 15 is 0 Å². The smallest absolute Gasteiger partial charge is 0.321 e. The lowest BCUT2D eigenvalue weighted by atomic mass is 10.1. The Morgan fingerprint density at radius 3 is 2.40 bits per heavy atom. The number of carbonyl (C=O) groups is 1. The van der Waals surface area contributed by atoms with E-state index in [1.165, 1.54) is 0 Å². The lowest BCUT2D eigenvalue weighted by Gasteiger charge is -2.08. The quantitative estimate of drug-likeness (QED) is 0.480. The van der Waals surface area contributed by atoms with Crippen LogP contribution in [0.4, 0.5) is 0 Å². The fraction of sp³-hybridized carbons (Fsp3) is 0.200. The molecule has 3 nitrogen and oxygen atoms in total. The van der Waals surface area contributed by atoms with E-state index in [0.29, 0.717) is 16.2 Å². The number of hydrogen-bond acceptors (Lipinski definition) is 4. The number of ether oxygens (including phenoxy) is 1. The van der Waals surface area contributed by atoms with Crippen molar-refractivity contribution in [2.75, 3.05) is 7.11 Å². The first-order chi connectivity index (χ1) is 7.06. The summed E-state index contributed by atoms with van der Waals surface area (Å²) in [4.78, 5) is 10.9. The van der Waals surface area contributed by atoms with E-state index in [9.17, 15) is 4.79 Å². The Hall–Kier alpha value is -1.07. The fourth-order valence-electron chi connectivity index (χ4n) is 1.03. The van der Waals surface area contributed by atoms with E-state index in [-0.39, 0.29) is 0 Å². The van der Waals surface area contributed by atoms with Crippen LogP contribution in [0.3, 0.4) is 0 Å². The molecule has 1 rings (SSSR count). The van der Waals surface area contributed by atoms with Gasteiger partial charge in [-0.25, -0.2) is 0 Å². The number of carboxylic acids is 1. The molecule has 0 aromatic heterocycles. The summed E-state index contributed by atoms with van der Waals surface area (Å²) in [5.74, 6) is -0.341. The normalized spacial score (nSPS) is 11.9. The summed E-state index contributed by atoms with van der Waals surface area (Å²) in [7, 11) is 1.56. The molecule has 0 radical (unpaired) electrons. The fourth-order valence-corrected chi connectivity index (χ4v) is 1.41. The van der Waals surface area contributed by atoms with Crippen molar-refractivity contribution in [2.45, 2.75) is 5.25 Å². The second-order valence-electron chi connectivity index (χ2n) is 2.83. The van der Waals surface area contributed by atoms with Gasteiger partial charge in [0, 0.05) is 4.86 Å². The minimum absolute atomic E-state index is 0.300. The largest absolute Gasteiger partial charge is 0.497 e. The highest BCUT2D eigenvalue weighted by Gasteiger charge is 2.18. The van der Waals surface area contributed by atoms with Crippen LogP contribution in [-0.2, 0) is 4.79 Å². The number of hydrogen-bond donors (Lipinski definition) is 2. The third-order valence-corrected chi connectivity index (χ3v) is 2.98. The molecule has 0 saturated carbocycles. The first-order valence-electron chi connectivity index (χ1n) is 4.15. The Bertz CT molecular complexity index is 373. The number of aliphatic carboxylic acids is 1. The summed E-state index contributed by atoms with van der Waals surface area (Å²) in [6.45, 7) is 0. The highest BCUT2D eigenvalue weighted by molar-refractivity contribution is 7.87. The SMILES string of the molecule is COc1ccc(C(=S)C(S)C(=O)O)cc1. The number of rotatable bonds is 4. The van der Waals surface area contributed by atoms with Crippen LogP contribution >= 0.6 is 24.8 Å². The van der Waals surface area contributed by atoms with Gasteiger partial charge in [-0.1, -0.05) is 24.4 Å². The minimum atomic E-state index is -1.04. The Morgan fingerprint density at radius 1 is 1.47 bits per heavy atom. The topological polar surface area (TPSA) is 46.5 Å². The number of thiocarbonyl (C=S) groups is 1. The summed E-state index contributed by atoms with van der Waals surface area (Å²) in [5.41, 5.74) is 0.674. The molecule has 1 aromatic carbocycles.